The molecule has 10 nitrogen and oxygen atoms in total. The Bertz CT molecular complexity index is 1850. The zero-order valence-electron chi connectivity index (χ0n) is 23.8. The Hall–Kier alpha value is -4.23. The first kappa shape index (κ1) is 30.2. The number of nitrogens with two attached hydrogens (primary N) is 1. The van der Waals surface area contributed by atoms with Crippen LogP contribution in [0.15, 0.2) is 33.7 Å². The lowest BCUT2D eigenvalue weighted by molar-refractivity contribution is -0.121. The average molecular weight is 617 g/mol. The van der Waals surface area contributed by atoms with Crippen molar-refractivity contribution in [3.05, 3.63) is 85.2 Å². The molecule has 5 N–H and O–H groups in total. The van der Waals surface area contributed by atoms with Crippen molar-refractivity contribution in [3.8, 4) is 28.7 Å². The van der Waals surface area contributed by atoms with Gasteiger partial charge in [-0.1, -0.05) is 35.6 Å². The highest BCUT2D eigenvalue weighted by molar-refractivity contribution is 7.15. The first-order valence-electron chi connectivity index (χ1n) is 13.4. The highest BCUT2D eigenvalue weighted by Crippen LogP contribution is 2.39. The number of furan rings is 1. The van der Waals surface area contributed by atoms with Gasteiger partial charge in [0.1, 0.15) is 16.9 Å². The lowest BCUT2D eigenvalue weighted by Gasteiger charge is -2.12. The lowest BCUT2D eigenvalue weighted by atomic mass is 9.99. The van der Waals surface area contributed by atoms with Crippen LogP contribution in [0.4, 0.5) is 0 Å². The Balaban J connectivity index is 1.42. The monoisotopic (exact) mass is 616 g/mol. The standard InChI is InChI=1S/C31H29ClN6O4S/c1-17-18(2)43-31-28(17)29(20-8-10-21(32)11-9-20)35-24(30-37-36-19(3)38(30)31)14-27(41)34-13-5-7-26-23(16-40)22(15-39)25(42-26)6-4-12-33/h8-11,24,39-40H,12-16,33H2,1-3H3,(H,34,41)/t24-/m0/s1. The molecule has 0 saturated carbocycles. The quantitative estimate of drug-likeness (QED) is 0.243. The van der Waals surface area contributed by atoms with Crippen LogP contribution in [0.2, 0.25) is 5.02 Å². The van der Waals surface area contributed by atoms with Crippen LogP contribution in [0.1, 0.15) is 68.3 Å². The third-order valence-corrected chi connectivity index (χ3v) is 8.49. The third kappa shape index (κ3) is 6.00. The number of amides is 1. The molecule has 4 heterocycles. The minimum atomic E-state index is -0.610. The van der Waals surface area contributed by atoms with Gasteiger partial charge < -0.3 is 25.7 Å². The van der Waals surface area contributed by atoms with E-state index in [1.807, 2.05) is 35.8 Å². The summed E-state index contributed by atoms with van der Waals surface area (Å²) >= 11 is 7.82. The molecular formula is C31H29ClN6O4S. The van der Waals surface area contributed by atoms with E-state index < -0.39 is 6.04 Å². The number of aliphatic imine (C=N–C) groups is 1. The Morgan fingerprint density at radius 2 is 1.77 bits per heavy atom. The summed E-state index contributed by atoms with van der Waals surface area (Å²) in [7, 11) is 0. The van der Waals surface area contributed by atoms with E-state index in [0.717, 1.165) is 32.3 Å². The number of nitrogens with one attached hydrogen (secondary N) is 1. The van der Waals surface area contributed by atoms with Crippen molar-refractivity contribution in [2.75, 3.05) is 13.1 Å². The molecule has 1 amide bonds. The van der Waals surface area contributed by atoms with Gasteiger partial charge in [-0.2, -0.15) is 0 Å². The zero-order chi connectivity index (χ0) is 30.7. The molecule has 1 aliphatic rings. The van der Waals surface area contributed by atoms with Crippen molar-refractivity contribution in [2.24, 2.45) is 10.7 Å². The van der Waals surface area contributed by atoms with E-state index in [2.05, 4.69) is 53.0 Å². The fourth-order valence-corrected chi connectivity index (χ4v) is 6.15. The van der Waals surface area contributed by atoms with Crippen LogP contribution >= 0.6 is 22.9 Å². The molecule has 5 rings (SSSR count). The molecule has 0 saturated heterocycles. The normalized spacial score (nSPS) is 13.6. The number of nitrogens with zero attached hydrogens (tertiary/aromatic N) is 4. The second kappa shape index (κ2) is 13.0. The summed E-state index contributed by atoms with van der Waals surface area (Å²) < 4.78 is 7.62. The first-order valence-corrected chi connectivity index (χ1v) is 14.6. The molecule has 4 aromatic rings. The van der Waals surface area contributed by atoms with Crippen molar-refractivity contribution in [1.29, 1.82) is 0 Å². The number of carbonyl (C=O) groups is 1. The number of aromatic nitrogens is 3. The Kier molecular flexibility index (Phi) is 9.11. The van der Waals surface area contributed by atoms with Crippen molar-refractivity contribution >= 4 is 34.6 Å². The Labute approximate surface area is 257 Å². The van der Waals surface area contributed by atoms with Crippen LogP contribution in [-0.4, -0.2) is 49.7 Å². The fourth-order valence-electron chi connectivity index (χ4n) is 4.81. The topological polar surface area (TPSA) is 152 Å². The third-order valence-electron chi connectivity index (χ3n) is 7.05. The number of hydrogen-bond donors (Lipinski definition) is 4. The summed E-state index contributed by atoms with van der Waals surface area (Å²) in [6.45, 7) is 5.39. The number of fused-ring (bicyclic) bond motifs is 3. The maximum atomic E-state index is 13.2. The summed E-state index contributed by atoms with van der Waals surface area (Å²) in [6, 6.07) is 6.88. The van der Waals surface area contributed by atoms with Crippen LogP contribution in [-0.2, 0) is 18.0 Å². The number of aryl methyl sites for hydroxylation is 2. The minimum Gasteiger partial charge on any atom is -0.439 e. The molecule has 0 unspecified atom stereocenters. The van der Waals surface area contributed by atoms with E-state index in [1.165, 1.54) is 0 Å². The van der Waals surface area contributed by atoms with E-state index in [0.29, 0.717) is 27.8 Å². The van der Waals surface area contributed by atoms with Crippen molar-refractivity contribution in [3.63, 3.8) is 0 Å². The summed E-state index contributed by atoms with van der Waals surface area (Å²) in [5.74, 6) is 12.4. The highest BCUT2D eigenvalue weighted by Gasteiger charge is 2.32. The highest BCUT2D eigenvalue weighted by atomic mass is 35.5. The SMILES string of the molecule is Cc1sc2c(c1C)C(c1ccc(Cl)cc1)=N[C@@H](CC(=O)NCC#Cc1oc(C#CCN)c(CO)c1CO)c1nnc(C)n1-2. The van der Waals surface area contributed by atoms with E-state index >= 15 is 0 Å². The molecule has 0 aliphatic carbocycles. The van der Waals surface area contributed by atoms with Gasteiger partial charge in [0, 0.05) is 32.2 Å². The predicted octanol–water partition coefficient (Wildman–Crippen LogP) is 3.25. The van der Waals surface area contributed by atoms with Gasteiger partial charge in [0.25, 0.3) is 0 Å². The summed E-state index contributed by atoms with van der Waals surface area (Å²) in [4.78, 5) is 19.4. The smallest absolute Gasteiger partial charge is 0.223 e. The molecule has 12 heteroatoms. The van der Waals surface area contributed by atoms with E-state index in [-0.39, 0.29) is 50.2 Å². The van der Waals surface area contributed by atoms with Crippen LogP contribution in [0.3, 0.4) is 0 Å². The van der Waals surface area contributed by atoms with Crippen LogP contribution in [0.5, 0.6) is 0 Å². The molecule has 0 radical (unpaired) electrons. The van der Waals surface area contributed by atoms with Gasteiger partial charge in [-0.15, -0.1) is 21.5 Å². The maximum Gasteiger partial charge on any atom is 0.223 e. The van der Waals surface area contributed by atoms with Gasteiger partial charge in [-0.25, -0.2) is 0 Å². The minimum absolute atomic E-state index is 0.0139. The fraction of sp³-hybridized carbons (Fsp3) is 0.290. The van der Waals surface area contributed by atoms with Crippen molar-refractivity contribution < 1.29 is 19.4 Å². The number of thiophene rings is 1. The Morgan fingerprint density at radius 1 is 1.09 bits per heavy atom. The van der Waals surface area contributed by atoms with Gasteiger partial charge in [0.15, 0.2) is 17.3 Å². The number of aliphatic hydroxyl groups is 2. The number of benzene rings is 1. The summed E-state index contributed by atoms with van der Waals surface area (Å²) in [5, 5.41) is 32.6. The molecule has 1 aromatic carbocycles. The Morgan fingerprint density at radius 3 is 2.42 bits per heavy atom. The molecule has 3 aromatic heterocycles. The lowest BCUT2D eigenvalue weighted by Crippen LogP contribution is -2.25. The van der Waals surface area contributed by atoms with E-state index in [1.54, 1.807) is 11.3 Å². The van der Waals surface area contributed by atoms with Crippen LogP contribution < -0.4 is 11.1 Å². The van der Waals surface area contributed by atoms with Crippen LogP contribution in [0.25, 0.3) is 5.00 Å². The first-order chi connectivity index (χ1) is 20.8. The number of hydrogen-bond acceptors (Lipinski definition) is 9. The van der Waals surface area contributed by atoms with Crippen molar-refractivity contribution in [1.82, 2.24) is 20.1 Å². The van der Waals surface area contributed by atoms with Gasteiger partial charge in [-0.05, 0) is 50.3 Å². The van der Waals surface area contributed by atoms with E-state index in [4.69, 9.17) is 26.7 Å². The van der Waals surface area contributed by atoms with Gasteiger partial charge in [0.05, 0.1) is 38.4 Å². The maximum absolute atomic E-state index is 13.2. The molecule has 43 heavy (non-hydrogen) atoms. The van der Waals surface area contributed by atoms with Gasteiger partial charge in [-0.3, -0.25) is 14.4 Å². The number of rotatable bonds is 6. The molecular weight excluding hydrogens is 588 g/mol. The second-order valence-electron chi connectivity index (χ2n) is 9.73. The molecule has 0 bridgehead atoms. The van der Waals surface area contributed by atoms with Gasteiger partial charge in [0.2, 0.25) is 5.91 Å². The zero-order valence-corrected chi connectivity index (χ0v) is 25.4. The largest absolute Gasteiger partial charge is 0.439 e. The summed E-state index contributed by atoms with van der Waals surface area (Å²) in [5.41, 5.74) is 9.87. The summed E-state index contributed by atoms with van der Waals surface area (Å²) in [6.07, 6.45) is 0.0139. The molecule has 0 spiro atoms. The molecule has 220 valence electrons. The van der Waals surface area contributed by atoms with E-state index in [9.17, 15) is 15.0 Å². The molecule has 1 aliphatic heterocycles. The number of carbonyl (C=O) groups excluding carboxylic acids is 1. The predicted molar refractivity (Wildman–Crippen MR) is 164 cm³/mol. The number of halogens is 1. The molecule has 1 atom stereocenters. The molecule has 0 fully saturated rings. The van der Waals surface area contributed by atoms with Crippen LogP contribution in [0, 0.1) is 44.5 Å². The van der Waals surface area contributed by atoms with Crippen molar-refractivity contribution in [2.45, 2.75) is 46.4 Å². The average Bonchev–Trinajstić information content (AvgIpc) is 3.61. The number of aliphatic hydroxyl groups excluding tert-OH is 2. The van der Waals surface area contributed by atoms with Gasteiger partial charge >= 0.3 is 0 Å². The second-order valence-corrected chi connectivity index (χ2v) is 11.4.